The minimum Gasteiger partial charge on any atom is -0.496 e. The molecule has 2 rings (SSSR count). The molecule has 1 atom stereocenters. The monoisotopic (exact) mass is 237 g/mol. The second-order valence-corrected chi connectivity index (χ2v) is 4.19. The molecule has 1 aromatic carbocycles. The fourth-order valence-electron chi connectivity index (χ4n) is 2.29. The first kappa shape index (κ1) is 12.4. The molecular formula is C13H19NO3. The molecule has 1 unspecified atom stereocenters. The van der Waals surface area contributed by atoms with Gasteiger partial charge in [0.1, 0.15) is 5.75 Å². The number of rotatable bonds is 4. The van der Waals surface area contributed by atoms with Crippen molar-refractivity contribution in [1.82, 2.24) is 5.32 Å². The van der Waals surface area contributed by atoms with E-state index in [-0.39, 0.29) is 5.54 Å². The normalized spacial score (nSPS) is 24.6. The Morgan fingerprint density at radius 3 is 2.82 bits per heavy atom. The second-order valence-electron chi connectivity index (χ2n) is 4.19. The van der Waals surface area contributed by atoms with Crippen LogP contribution in [-0.2, 0) is 15.0 Å². The third-order valence-electron chi connectivity index (χ3n) is 3.07. The number of hydrogen-bond donors (Lipinski definition) is 1. The maximum Gasteiger partial charge on any atom is 0.124 e. The van der Waals surface area contributed by atoms with Crippen LogP contribution in [0.1, 0.15) is 5.56 Å². The summed E-state index contributed by atoms with van der Waals surface area (Å²) in [6, 6.07) is 7.99. The standard InChI is InChI=1S/C13H19NO3/c1-15-9-13(10-17-8-7-14-13)11-5-3-4-6-12(11)16-2/h3-6,14H,7-10H2,1-2H3. The van der Waals surface area contributed by atoms with Gasteiger partial charge >= 0.3 is 0 Å². The highest BCUT2D eigenvalue weighted by atomic mass is 16.5. The van der Waals surface area contributed by atoms with Gasteiger partial charge in [-0.3, -0.25) is 0 Å². The molecule has 1 N–H and O–H groups in total. The van der Waals surface area contributed by atoms with Crippen molar-refractivity contribution >= 4 is 0 Å². The Bertz CT molecular complexity index is 356. The van der Waals surface area contributed by atoms with Crippen molar-refractivity contribution in [1.29, 1.82) is 0 Å². The molecule has 1 aliphatic heterocycles. The van der Waals surface area contributed by atoms with Crippen LogP contribution in [-0.4, -0.2) is 40.6 Å². The molecule has 0 aliphatic carbocycles. The Hall–Kier alpha value is -1.10. The van der Waals surface area contributed by atoms with E-state index in [4.69, 9.17) is 14.2 Å². The van der Waals surface area contributed by atoms with E-state index in [1.54, 1.807) is 14.2 Å². The van der Waals surface area contributed by atoms with Gasteiger partial charge in [0.25, 0.3) is 0 Å². The zero-order valence-electron chi connectivity index (χ0n) is 10.4. The Morgan fingerprint density at radius 1 is 1.35 bits per heavy atom. The molecular weight excluding hydrogens is 218 g/mol. The Morgan fingerprint density at radius 2 is 2.18 bits per heavy atom. The molecule has 1 aliphatic rings. The first-order valence-electron chi connectivity index (χ1n) is 5.77. The number of hydrogen-bond acceptors (Lipinski definition) is 4. The summed E-state index contributed by atoms with van der Waals surface area (Å²) in [5.74, 6) is 0.863. The molecule has 1 fully saturated rings. The van der Waals surface area contributed by atoms with Crippen LogP contribution in [0.25, 0.3) is 0 Å². The summed E-state index contributed by atoms with van der Waals surface area (Å²) in [7, 11) is 3.39. The van der Waals surface area contributed by atoms with Gasteiger partial charge in [0, 0.05) is 19.2 Å². The van der Waals surface area contributed by atoms with Gasteiger partial charge in [-0.1, -0.05) is 18.2 Å². The summed E-state index contributed by atoms with van der Waals surface area (Å²) in [5.41, 5.74) is 0.781. The Balaban J connectivity index is 2.37. The quantitative estimate of drug-likeness (QED) is 0.853. The van der Waals surface area contributed by atoms with Gasteiger partial charge in [-0.15, -0.1) is 0 Å². The van der Waals surface area contributed by atoms with Crippen molar-refractivity contribution in [2.75, 3.05) is 40.6 Å². The van der Waals surface area contributed by atoms with Crippen molar-refractivity contribution in [3.05, 3.63) is 29.8 Å². The average Bonchev–Trinajstić information content (AvgIpc) is 2.40. The van der Waals surface area contributed by atoms with Crippen LogP contribution in [0.3, 0.4) is 0 Å². The van der Waals surface area contributed by atoms with Crippen molar-refractivity contribution in [3.63, 3.8) is 0 Å². The summed E-state index contributed by atoms with van der Waals surface area (Å²) < 4.78 is 16.4. The molecule has 0 radical (unpaired) electrons. The summed E-state index contributed by atoms with van der Waals surface area (Å²) in [6.45, 7) is 2.72. The average molecular weight is 237 g/mol. The highest BCUT2D eigenvalue weighted by molar-refractivity contribution is 5.39. The lowest BCUT2D eigenvalue weighted by Gasteiger charge is -2.38. The molecule has 1 aromatic rings. The third-order valence-corrected chi connectivity index (χ3v) is 3.07. The van der Waals surface area contributed by atoms with E-state index in [0.717, 1.165) is 24.5 Å². The van der Waals surface area contributed by atoms with Gasteiger partial charge in [-0.05, 0) is 6.07 Å². The van der Waals surface area contributed by atoms with Gasteiger partial charge in [0.15, 0.2) is 0 Å². The molecule has 4 nitrogen and oxygen atoms in total. The van der Waals surface area contributed by atoms with E-state index in [2.05, 4.69) is 11.4 Å². The van der Waals surface area contributed by atoms with E-state index < -0.39 is 0 Å². The van der Waals surface area contributed by atoms with Crippen LogP contribution in [0.15, 0.2) is 24.3 Å². The van der Waals surface area contributed by atoms with Gasteiger partial charge in [-0.25, -0.2) is 0 Å². The minimum absolute atomic E-state index is 0.306. The molecule has 0 amide bonds. The van der Waals surface area contributed by atoms with Crippen molar-refractivity contribution < 1.29 is 14.2 Å². The fourth-order valence-corrected chi connectivity index (χ4v) is 2.29. The van der Waals surface area contributed by atoms with Gasteiger partial charge in [0.2, 0.25) is 0 Å². The Kier molecular flexibility index (Phi) is 3.99. The van der Waals surface area contributed by atoms with E-state index >= 15 is 0 Å². The number of morpholine rings is 1. The zero-order chi connectivity index (χ0) is 12.1. The molecule has 94 valence electrons. The molecule has 0 aromatic heterocycles. The lowest BCUT2D eigenvalue weighted by atomic mass is 9.89. The van der Waals surface area contributed by atoms with E-state index in [9.17, 15) is 0 Å². The third kappa shape index (κ3) is 2.44. The molecule has 4 heteroatoms. The smallest absolute Gasteiger partial charge is 0.124 e. The highest BCUT2D eigenvalue weighted by Crippen LogP contribution is 2.31. The van der Waals surface area contributed by atoms with E-state index in [1.165, 1.54) is 0 Å². The summed E-state index contributed by atoms with van der Waals surface area (Å²) in [6.07, 6.45) is 0. The second kappa shape index (κ2) is 5.49. The zero-order valence-corrected chi connectivity index (χ0v) is 10.4. The summed E-state index contributed by atoms with van der Waals surface area (Å²) >= 11 is 0. The number of ether oxygens (including phenoxy) is 3. The van der Waals surface area contributed by atoms with Crippen molar-refractivity contribution in [3.8, 4) is 5.75 Å². The summed E-state index contributed by atoms with van der Waals surface area (Å²) in [4.78, 5) is 0. The maximum atomic E-state index is 5.59. The van der Waals surface area contributed by atoms with Gasteiger partial charge < -0.3 is 19.5 Å². The number of nitrogens with one attached hydrogen (secondary N) is 1. The van der Waals surface area contributed by atoms with Crippen molar-refractivity contribution in [2.24, 2.45) is 0 Å². The first-order valence-corrected chi connectivity index (χ1v) is 5.77. The molecule has 0 bridgehead atoms. The number of methoxy groups -OCH3 is 2. The first-order chi connectivity index (χ1) is 8.32. The molecule has 0 spiro atoms. The predicted octanol–water partition coefficient (Wildman–Crippen LogP) is 1.16. The van der Waals surface area contributed by atoms with Crippen molar-refractivity contribution in [2.45, 2.75) is 5.54 Å². The van der Waals surface area contributed by atoms with Gasteiger partial charge in [-0.2, -0.15) is 0 Å². The van der Waals surface area contributed by atoms with Gasteiger partial charge in [0.05, 0.1) is 32.5 Å². The van der Waals surface area contributed by atoms with Crippen LogP contribution in [0.4, 0.5) is 0 Å². The lowest BCUT2D eigenvalue weighted by Crippen LogP contribution is -2.54. The number of para-hydroxylation sites is 1. The van der Waals surface area contributed by atoms with E-state index in [1.807, 2.05) is 18.2 Å². The Labute approximate surface area is 102 Å². The SMILES string of the molecule is COCC1(c2ccccc2OC)COCCN1. The van der Waals surface area contributed by atoms with Crippen LogP contribution < -0.4 is 10.1 Å². The van der Waals surface area contributed by atoms with E-state index in [0.29, 0.717) is 13.2 Å². The molecule has 17 heavy (non-hydrogen) atoms. The fraction of sp³-hybridized carbons (Fsp3) is 0.538. The minimum atomic E-state index is -0.306. The molecule has 1 heterocycles. The summed E-state index contributed by atoms with van der Waals surface area (Å²) in [5, 5.41) is 3.49. The van der Waals surface area contributed by atoms with Crippen LogP contribution >= 0.6 is 0 Å². The van der Waals surface area contributed by atoms with Crippen LogP contribution in [0.5, 0.6) is 5.75 Å². The molecule has 0 saturated carbocycles. The lowest BCUT2D eigenvalue weighted by molar-refractivity contribution is -0.0156. The number of benzene rings is 1. The topological polar surface area (TPSA) is 39.7 Å². The predicted molar refractivity (Wildman–Crippen MR) is 65.4 cm³/mol. The van der Waals surface area contributed by atoms with Crippen LogP contribution in [0.2, 0.25) is 0 Å². The maximum absolute atomic E-state index is 5.59. The largest absolute Gasteiger partial charge is 0.496 e. The molecule has 1 saturated heterocycles. The van der Waals surface area contributed by atoms with Crippen LogP contribution in [0, 0.1) is 0 Å². The highest BCUT2D eigenvalue weighted by Gasteiger charge is 2.36.